The summed E-state index contributed by atoms with van der Waals surface area (Å²) in [6.45, 7) is 2.99. The van der Waals surface area contributed by atoms with Gasteiger partial charge in [0, 0.05) is 18.5 Å². The van der Waals surface area contributed by atoms with Crippen molar-refractivity contribution < 1.29 is 4.79 Å². The molecule has 3 nitrogen and oxygen atoms in total. The van der Waals surface area contributed by atoms with Gasteiger partial charge in [-0.3, -0.25) is 4.79 Å². The lowest BCUT2D eigenvalue weighted by atomic mass is 9.92. The van der Waals surface area contributed by atoms with Crippen LogP contribution in [0.4, 0.5) is 0 Å². The van der Waals surface area contributed by atoms with Crippen LogP contribution in [0.15, 0.2) is 24.3 Å². The number of carbonyl (C=O) groups is 1. The second-order valence-electron chi connectivity index (χ2n) is 5.93. The first-order chi connectivity index (χ1) is 9.16. The Kier molecular flexibility index (Phi) is 3.31. The van der Waals surface area contributed by atoms with Crippen molar-refractivity contribution in [2.24, 2.45) is 11.7 Å². The fraction of sp³-hybridized carbons (Fsp3) is 0.562. The number of amides is 1. The van der Waals surface area contributed by atoms with Gasteiger partial charge in [0.05, 0.1) is 6.04 Å². The van der Waals surface area contributed by atoms with Crippen molar-refractivity contribution in [1.82, 2.24) is 4.90 Å². The zero-order valence-corrected chi connectivity index (χ0v) is 11.5. The molecule has 1 aromatic carbocycles. The molecule has 1 aromatic rings. The number of nitrogens with zero attached hydrogens (tertiary/aromatic N) is 1. The van der Waals surface area contributed by atoms with Crippen LogP contribution < -0.4 is 5.73 Å². The van der Waals surface area contributed by atoms with Crippen molar-refractivity contribution in [1.29, 1.82) is 0 Å². The largest absolute Gasteiger partial charge is 0.335 e. The van der Waals surface area contributed by atoms with Gasteiger partial charge in [0.1, 0.15) is 0 Å². The summed E-state index contributed by atoms with van der Waals surface area (Å²) >= 11 is 0. The second kappa shape index (κ2) is 4.97. The van der Waals surface area contributed by atoms with Crippen LogP contribution >= 0.6 is 0 Å². The maximum Gasteiger partial charge on any atom is 0.226 e. The van der Waals surface area contributed by atoms with Gasteiger partial charge < -0.3 is 10.6 Å². The fourth-order valence-corrected chi connectivity index (χ4v) is 3.55. The van der Waals surface area contributed by atoms with E-state index in [9.17, 15) is 4.79 Å². The highest BCUT2D eigenvalue weighted by Crippen LogP contribution is 2.33. The van der Waals surface area contributed by atoms with E-state index in [-0.39, 0.29) is 18.0 Å². The lowest BCUT2D eigenvalue weighted by Crippen LogP contribution is -2.41. The summed E-state index contributed by atoms with van der Waals surface area (Å²) in [5.74, 6) is 0.470. The number of rotatable bonds is 1. The number of benzene rings is 1. The Morgan fingerprint density at radius 3 is 2.84 bits per heavy atom. The van der Waals surface area contributed by atoms with E-state index in [0.717, 1.165) is 32.2 Å². The Morgan fingerprint density at radius 1 is 1.32 bits per heavy atom. The Labute approximate surface area is 114 Å². The molecule has 0 saturated heterocycles. The smallest absolute Gasteiger partial charge is 0.226 e. The van der Waals surface area contributed by atoms with E-state index in [0.29, 0.717) is 5.91 Å². The number of fused-ring (bicyclic) bond motifs is 1. The van der Waals surface area contributed by atoms with Gasteiger partial charge in [-0.25, -0.2) is 0 Å². The number of hydrogen-bond donors (Lipinski definition) is 1. The number of hydrogen-bond acceptors (Lipinski definition) is 2. The molecule has 102 valence electrons. The minimum Gasteiger partial charge on any atom is -0.335 e. The fourth-order valence-electron chi connectivity index (χ4n) is 3.55. The molecule has 3 atom stereocenters. The first kappa shape index (κ1) is 12.7. The first-order valence-corrected chi connectivity index (χ1v) is 7.30. The molecule has 1 fully saturated rings. The summed E-state index contributed by atoms with van der Waals surface area (Å²) < 4.78 is 0. The van der Waals surface area contributed by atoms with E-state index in [1.807, 2.05) is 0 Å². The normalized spacial score (nSPS) is 30.2. The van der Waals surface area contributed by atoms with Crippen molar-refractivity contribution in [3.05, 3.63) is 35.4 Å². The molecule has 1 aliphatic carbocycles. The highest BCUT2D eigenvalue weighted by Gasteiger charge is 2.35. The average Bonchev–Trinajstić information content (AvgIpc) is 2.85. The Morgan fingerprint density at radius 2 is 2.11 bits per heavy atom. The van der Waals surface area contributed by atoms with Gasteiger partial charge in [0.15, 0.2) is 0 Å². The van der Waals surface area contributed by atoms with E-state index in [4.69, 9.17) is 5.73 Å². The van der Waals surface area contributed by atoms with E-state index < -0.39 is 0 Å². The molecule has 0 spiro atoms. The van der Waals surface area contributed by atoms with Crippen LogP contribution in [0.25, 0.3) is 0 Å². The Bertz CT molecular complexity index is 485. The zero-order chi connectivity index (χ0) is 13.4. The van der Waals surface area contributed by atoms with E-state index in [1.165, 1.54) is 11.1 Å². The van der Waals surface area contributed by atoms with Gasteiger partial charge in [-0.2, -0.15) is 0 Å². The quantitative estimate of drug-likeness (QED) is 0.840. The lowest BCUT2D eigenvalue weighted by molar-refractivity contribution is -0.138. The second-order valence-corrected chi connectivity index (χ2v) is 5.93. The summed E-state index contributed by atoms with van der Waals surface area (Å²) in [4.78, 5) is 14.7. The minimum absolute atomic E-state index is 0.155. The summed E-state index contributed by atoms with van der Waals surface area (Å²) in [7, 11) is 0. The van der Waals surface area contributed by atoms with Crippen molar-refractivity contribution in [2.45, 2.75) is 44.7 Å². The van der Waals surface area contributed by atoms with E-state index in [1.54, 1.807) is 0 Å². The molecule has 2 N–H and O–H groups in total. The highest BCUT2D eigenvalue weighted by molar-refractivity contribution is 5.80. The predicted octanol–water partition coefficient (Wildman–Crippen LogP) is 2.26. The third-order valence-corrected chi connectivity index (χ3v) is 4.70. The SMILES string of the molecule is CC1c2ccccc2CCN1C(=O)C1CCC(N)C1. The molecule has 1 saturated carbocycles. The Hall–Kier alpha value is -1.35. The van der Waals surface area contributed by atoms with Gasteiger partial charge in [-0.15, -0.1) is 0 Å². The molecule has 3 unspecified atom stereocenters. The third-order valence-electron chi connectivity index (χ3n) is 4.70. The summed E-state index contributed by atoms with van der Waals surface area (Å²) in [5, 5.41) is 0. The van der Waals surface area contributed by atoms with Gasteiger partial charge in [-0.05, 0) is 43.7 Å². The van der Waals surface area contributed by atoms with Crippen LogP contribution in [0.1, 0.15) is 43.4 Å². The van der Waals surface area contributed by atoms with E-state index in [2.05, 4.69) is 36.1 Å². The van der Waals surface area contributed by atoms with Crippen molar-refractivity contribution in [3.63, 3.8) is 0 Å². The van der Waals surface area contributed by atoms with Gasteiger partial charge >= 0.3 is 0 Å². The molecule has 0 aromatic heterocycles. The minimum atomic E-state index is 0.155. The van der Waals surface area contributed by atoms with E-state index >= 15 is 0 Å². The van der Waals surface area contributed by atoms with Crippen LogP contribution in [-0.2, 0) is 11.2 Å². The highest BCUT2D eigenvalue weighted by atomic mass is 16.2. The van der Waals surface area contributed by atoms with Crippen LogP contribution in [0, 0.1) is 5.92 Å². The topological polar surface area (TPSA) is 46.3 Å². The van der Waals surface area contributed by atoms with Crippen LogP contribution in [0.2, 0.25) is 0 Å². The van der Waals surface area contributed by atoms with Crippen molar-refractivity contribution >= 4 is 5.91 Å². The van der Waals surface area contributed by atoms with Crippen molar-refractivity contribution in [2.75, 3.05) is 6.54 Å². The molecular formula is C16H22N2O. The molecule has 19 heavy (non-hydrogen) atoms. The predicted molar refractivity (Wildman–Crippen MR) is 75.6 cm³/mol. The van der Waals surface area contributed by atoms with Crippen LogP contribution in [0.3, 0.4) is 0 Å². The average molecular weight is 258 g/mol. The lowest BCUT2D eigenvalue weighted by Gasteiger charge is -2.36. The van der Waals surface area contributed by atoms with Gasteiger partial charge in [0.25, 0.3) is 0 Å². The standard InChI is InChI=1S/C16H22N2O/c1-11-15-5-3-2-4-12(15)8-9-18(11)16(19)13-6-7-14(17)10-13/h2-5,11,13-14H,6-10,17H2,1H3. The first-order valence-electron chi connectivity index (χ1n) is 7.30. The maximum atomic E-state index is 12.6. The summed E-state index contributed by atoms with van der Waals surface area (Å²) in [6, 6.07) is 8.91. The summed E-state index contributed by atoms with van der Waals surface area (Å²) in [6.07, 6.45) is 3.80. The zero-order valence-electron chi connectivity index (χ0n) is 11.5. The van der Waals surface area contributed by atoms with Crippen LogP contribution in [-0.4, -0.2) is 23.4 Å². The summed E-state index contributed by atoms with van der Waals surface area (Å²) in [5.41, 5.74) is 8.63. The molecule has 3 rings (SSSR count). The molecule has 0 radical (unpaired) electrons. The molecule has 1 aliphatic heterocycles. The molecule has 2 aliphatic rings. The molecule has 1 amide bonds. The maximum absolute atomic E-state index is 12.6. The number of nitrogens with two attached hydrogens (primary N) is 1. The van der Waals surface area contributed by atoms with Crippen molar-refractivity contribution in [3.8, 4) is 0 Å². The molecule has 0 bridgehead atoms. The third kappa shape index (κ3) is 2.27. The molecule has 3 heteroatoms. The monoisotopic (exact) mass is 258 g/mol. The molecule has 1 heterocycles. The molecular weight excluding hydrogens is 236 g/mol. The van der Waals surface area contributed by atoms with Crippen LogP contribution in [0.5, 0.6) is 0 Å². The Balaban J connectivity index is 1.78. The van der Waals surface area contributed by atoms with Gasteiger partial charge in [0.2, 0.25) is 5.91 Å². The van der Waals surface area contributed by atoms with Gasteiger partial charge in [-0.1, -0.05) is 24.3 Å². The number of carbonyl (C=O) groups excluding carboxylic acids is 1.